The maximum Gasteiger partial charge on any atom is 0.208 e. The minimum Gasteiger partial charge on any atom is -0.287 e. The van der Waals surface area contributed by atoms with Gasteiger partial charge in [0, 0.05) is 4.47 Å². The van der Waals surface area contributed by atoms with Crippen molar-refractivity contribution < 1.29 is 13.6 Å². The van der Waals surface area contributed by atoms with Crippen LogP contribution in [0.2, 0.25) is 0 Å². The van der Waals surface area contributed by atoms with Crippen LogP contribution in [0.5, 0.6) is 0 Å². The topological polar surface area (TPSA) is 17.1 Å². The van der Waals surface area contributed by atoms with Crippen molar-refractivity contribution in [2.45, 2.75) is 0 Å². The lowest BCUT2D eigenvalue weighted by Gasteiger charge is -2.03. The lowest BCUT2D eigenvalue weighted by molar-refractivity contribution is 0.103. The number of benzene rings is 1. The summed E-state index contributed by atoms with van der Waals surface area (Å²) in [6, 6.07) is 5.34. The van der Waals surface area contributed by atoms with E-state index in [1.165, 1.54) is 6.07 Å². The summed E-state index contributed by atoms with van der Waals surface area (Å²) in [5, 5.41) is 1.68. The molecule has 2 rings (SSSR count). The van der Waals surface area contributed by atoms with E-state index >= 15 is 0 Å². The Morgan fingerprint density at radius 1 is 1.25 bits per heavy atom. The molecule has 0 spiro atoms. The van der Waals surface area contributed by atoms with E-state index < -0.39 is 23.0 Å². The monoisotopic (exact) mass is 302 g/mol. The summed E-state index contributed by atoms with van der Waals surface area (Å²) in [7, 11) is 0. The van der Waals surface area contributed by atoms with Gasteiger partial charge in [-0.05, 0) is 23.6 Å². The largest absolute Gasteiger partial charge is 0.287 e. The Labute approximate surface area is 103 Å². The predicted molar refractivity (Wildman–Crippen MR) is 61.8 cm³/mol. The average Bonchev–Trinajstić information content (AvgIpc) is 2.67. The van der Waals surface area contributed by atoms with Gasteiger partial charge >= 0.3 is 0 Å². The van der Waals surface area contributed by atoms with Crippen molar-refractivity contribution >= 4 is 33.0 Å². The van der Waals surface area contributed by atoms with Crippen LogP contribution in [0.4, 0.5) is 8.78 Å². The number of carbonyl (C=O) groups is 1. The second kappa shape index (κ2) is 4.43. The van der Waals surface area contributed by atoms with E-state index in [1.54, 1.807) is 11.4 Å². The summed E-state index contributed by atoms with van der Waals surface area (Å²) in [6.07, 6.45) is 0. The zero-order valence-corrected chi connectivity index (χ0v) is 10.2. The van der Waals surface area contributed by atoms with Gasteiger partial charge in [0.15, 0.2) is 0 Å². The molecule has 16 heavy (non-hydrogen) atoms. The van der Waals surface area contributed by atoms with Crippen LogP contribution in [0.1, 0.15) is 15.2 Å². The summed E-state index contributed by atoms with van der Waals surface area (Å²) >= 11 is 4.11. The first-order valence-electron chi connectivity index (χ1n) is 4.32. The highest BCUT2D eigenvalue weighted by atomic mass is 79.9. The van der Waals surface area contributed by atoms with Crippen molar-refractivity contribution in [3.63, 3.8) is 0 Å². The molecular formula is C11H5BrF2OS. The van der Waals surface area contributed by atoms with Crippen molar-refractivity contribution in [3.8, 4) is 0 Å². The van der Waals surface area contributed by atoms with Gasteiger partial charge in [-0.1, -0.05) is 22.0 Å². The minimum absolute atomic E-state index is 0.269. The molecule has 0 aliphatic heterocycles. The summed E-state index contributed by atoms with van der Waals surface area (Å²) in [5.74, 6) is -2.34. The molecule has 0 unspecified atom stereocenters. The fraction of sp³-hybridized carbons (Fsp3) is 0. The van der Waals surface area contributed by atoms with Gasteiger partial charge in [0.1, 0.15) is 11.6 Å². The van der Waals surface area contributed by atoms with E-state index in [2.05, 4.69) is 15.9 Å². The highest BCUT2D eigenvalue weighted by Crippen LogP contribution is 2.23. The first-order chi connectivity index (χ1) is 7.59. The van der Waals surface area contributed by atoms with E-state index in [0.29, 0.717) is 4.88 Å². The lowest BCUT2D eigenvalue weighted by atomic mass is 10.1. The molecule has 1 nitrogen and oxygen atoms in total. The molecule has 1 heterocycles. The molecule has 1 aromatic carbocycles. The van der Waals surface area contributed by atoms with Crippen molar-refractivity contribution in [1.82, 2.24) is 0 Å². The van der Waals surface area contributed by atoms with E-state index in [0.717, 1.165) is 23.5 Å². The number of rotatable bonds is 2. The first kappa shape index (κ1) is 11.4. The van der Waals surface area contributed by atoms with Crippen LogP contribution in [0.15, 0.2) is 34.1 Å². The molecule has 0 N–H and O–H groups in total. The van der Waals surface area contributed by atoms with Crippen LogP contribution in [0, 0.1) is 11.6 Å². The number of carbonyl (C=O) groups excluding carboxylic acids is 1. The third-order valence-corrected chi connectivity index (χ3v) is 3.31. The Morgan fingerprint density at radius 3 is 2.38 bits per heavy atom. The van der Waals surface area contributed by atoms with Crippen molar-refractivity contribution in [3.05, 3.63) is 56.2 Å². The molecule has 0 fully saturated rings. The van der Waals surface area contributed by atoms with Gasteiger partial charge in [-0.3, -0.25) is 4.79 Å². The van der Waals surface area contributed by atoms with Gasteiger partial charge in [-0.15, -0.1) is 11.3 Å². The lowest BCUT2D eigenvalue weighted by Crippen LogP contribution is -2.05. The quantitative estimate of drug-likeness (QED) is 0.766. The standard InChI is InChI=1S/C11H5BrF2OS/c12-6-4-7(13)10(8(14)5-6)11(15)9-2-1-3-16-9/h1-5H. The summed E-state index contributed by atoms with van der Waals surface area (Å²) < 4.78 is 27.2. The molecule has 0 amide bonds. The third-order valence-electron chi connectivity index (χ3n) is 1.98. The Hall–Kier alpha value is -1.07. The molecule has 1 aromatic heterocycles. The van der Waals surface area contributed by atoms with Gasteiger partial charge in [-0.2, -0.15) is 0 Å². The van der Waals surface area contributed by atoms with Crippen molar-refractivity contribution in [2.75, 3.05) is 0 Å². The van der Waals surface area contributed by atoms with E-state index in [-0.39, 0.29) is 4.47 Å². The van der Waals surface area contributed by atoms with E-state index in [4.69, 9.17) is 0 Å². The molecule has 0 saturated heterocycles. The van der Waals surface area contributed by atoms with Crippen LogP contribution in [0.25, 0.3) is 0 Å². The fourth-order valence-electron chi connectivity index (χ4n) is 1.29. The van der Waals surface area contributed by atoms with Gasteiger partial charge < -0.3 is 0 Å². The van der Waals surface area contributed by atoms with Crippen molar-refractivity contribution in [2.24, 2.45) is 0 Å². The second-order valence-corrected chi connectivity index (χ2v) is 4.91. The zero-order chi connectivity index (χ0) is 11.7. The van der Waals surface area contributed by atoms with E-state index in [1.807, 2.05) is 0 Å². The van der Waals surface area contributed by atoms with Crippen molar-refractivity contribution in [1.29, 1.82) is 0 Å². The van der Waals surface area contributed by atoms with Gasteiger partial charge in [-0.25, -0.2) is 8.78 Å². The molecule has 82 valence electrons. The van der Waals surface area contributed by atoms with Gasteiger partial charge in [0.2, 0.25) is 5.78 Å². The number of ketones is 1. The molecule has 2 aromatic rings. The SMILES string of the molecule is O=C(c1cccs1)c1c(F)cc(Br)cc1F. The number of hydrogen-bond donors (Lipinski definition) is 0. The third kappa shape index (κ3) is 2.05. The molecule has 0 atom stereocenters. The molecule has 0 aliphatic carbocycles. The predicted octanol–water partition coefficient (Wildman–Crippen LogP) is 4.02. The van der Waals surface area contributed by atoms with Crippen LogP contribution < -0.4 is 0 Å². The van der Waals surface area contributed by atoms with Crippen LogP contribution in [-0.4, -0.2) is 5.78 Å². The molecule has 0 bridgehead atoms. The Bertz CT molecular complexity index is 514. The van der Waals surface area contributed by atoms with Crippen LogP contribution >= 0.6 is 27.3 Å². The van der Waals surface area contributed by atoms with Crippen LogP contribution in [0.3, 0.4) is 0 Å². The number of thiophene rings is 1. The van der Waals surface area contributed by atoms with Gasteiger partial charge in [0.05, 0.1) is 10.4 Å². The zero-order valence-electron chi connectivity index (χ0n) is 7.84. The molecular weight excluding hydrogens is 298 g/mol. The Kier molecular flexibility index (Phi) is 3.16. The highest BCUT2D eigenvalue weighted by molar-refractivity contribution is 9.10. The molecule has 0 aliphatic rings. The maximum atomic E-state index is 13.5. The normalized spacial score (nSPS) is 10.4. The summed E-state index contributed by atoms with van der Waals surface area (Å²) in [4.78, 5) is 12.1. The van der Waals surface area contributed by atoms with Crippen LogP contribution in [-0.2, 0) is 0 Å². The summed E-state index contributed by atoms with van der Waals surface area (Å²) in [5.41, 5.74) is -0.509. The maximum absolute atomic E-state index is 13.5. The average molecular weight is 303 g/mol. The Morgan fingerprint density at radius 2 is 1.88 bits per heavy atom. The molecule has 5 heteroatoms. The first-order valence-corrected chi connectivity index (χ1v) is 5.99. The second-order valence-electron chi connectivity index (χ2n) is 3.05. The highest BCUT2D eigenvalue weighted by Gasteiger charge is 2.20. The number of halogens is 3. The fourth-order valence-corrected chi connectivity index (χ4v) is 2.36. The molecule has 0 saturated carbocycles. The molecule has 0 radical (unpaired) electrons. The Balaban J connectivity index is 2.53. The smallest absolute Gasteiger partial charge is 0.208 e. The van der Waals surface area contributed by atoms with E-state index in [9.17, 15) is 13.6 Å². The summed E-state index contributed by atoms with van der Waals surface area (Å²) in [6.45, 7) is 0. The number of hydrogen-bond acceptors (Lipinski definition) is 2. The minimum atomic E-state index is -0.856. The van der Waals surface area contributed by atoms with Gasteiger partial charge in [0.25, 0.3) is 0 Å².